The van der Waals surface area contributed by atoms with Crippen LogP contribution in [0.4, 0.5) is 0 Å². The number of amides is 1. The van der Waals surface area contributed by atoms with Crippen LogP contribution in [0.3, 0.4) is 0 Å². The minimum absolute atomic E-state index is 0.163. The first-order valence-corrected chi connectivity index (χ1v) is 8.45. The molecule has 3 heterocycles. The molecule has 0 radical (unpaired) electrons. The van der Waals surface area contributed by atoms with Gasteiger partial charge < -0.3 is 9.47 Å². The number of fused-ring (bicyclic) bond motifs is 1. The van der Waals surface area contributed by atoms with Crippen LogP contribution in [0.25, 0.3) is 11.5 Å². The number of nitrogens with zero attached hydrogens (tertiary/aromatic N) is 6. The van der Waals surface area contributed by atoms with Gasteiger partial charge in [-0.15, -0.1) is 10.2 Å². The van der Waals surface area contributed by atoms with E-state index < -0.39 is 0 Å². The van der Waals surface area contributed by atoms with E-state index in [4.69, 9.17) is 23.2 Å². The maximum absolute atomic E-state index is 12.8. The maximum atomic E-state index is 12.8. The summed E-state index contributed by atoms with van der Waals surface area (Å²) in [6.45, 7) is 1.51. The molecule has 0 atom stereocenters. The van der Waals surface area contributed by atoms with Gasteiger partial charge in [-0.1, -0.05) is 29.3 Å². The van der Waals surface area contributed by atoms with Crippen molar-refractivity contribution in [3.05, 3.63) is 51.9 Å². The summed E-state index contributed by atoms with van der Waals surface area (Å²) in [6, 6.07) is 6.94. The van der Waals surface area contributed by atoms with Gasteiger partial charge in [0, 0.05) is 26.3 Å². The average molecular weight is 377 g/mol. The van der Waals surface area contributed by atoms with E-state index in [1.54, 1.807) is 34.0 Å². The van der Waals surface area contributed by atoms with E-state index >= 15 is 0 Å². The Bertz CT molecular complexity index is 963. The Labute approximate surface area is 153 Å². The number of rotatable bonds is 2. The summed E-state index contributed by atoms with van der Waals surface area (Å²) in [6.07, 6.45) is 1.72. The molecule has 0 unspecified atom stereocenters. The van der Waals surface area contributed by atoms with Gasteiger partial charge in [-0.25, -0.2) is 0 Å². The van der Waals surface area contributed by atoms with E-state index in [2.05, 4.69) is 15.3 Å². The zero-order valence-electron chi connectivity index (χ0n) is 13.4. The average Bonchev–Trinajstić information content (AvgIpc) is 3.21. The summed E-state index contributed by atoms with van der Waals surface area (Å²) in [7, 11) is 1.86. The minimum atomic E-state index is -0.163. The van der Waals surface area contributed by atoms with Crippen molar-refractivity contribution < 1.29 is 4.79 Å². The van der Waals surface area contributed by atoms with Crippen LogP contribution >= 0.6 is 23.2 Å². The largest absolute Gasteiger partial charge is 0.329 e. The van der Waals surface area contributed by atoms with Gasteiger partial charge in [0.25, 0.3) is 5.91 Å². The smallest absolute Gasteiger partial charge is 0.255 e. The molecule has 1 aliphatic heterocycles. The number of hydrogen-bond acceptors (Lipinski definition) is 4. The van der Waals surface area contributed by atoms with E-state index in [1.807, 2.05) is 17.7 Å². The third-order valence-electron chi connectivity index (χ3n) is 4.27. The fourth-order valence-corrected chi connectivity index (χ4v) is 3.33. The van der Waals surface area contributed by atoms with E-state index in [-0.39, 0.29) is 10.9 Å². The fourth-order valence-electron chi connectivity index (χ4n) is 2.95. The van der Waals surface area contributed by atoms with Crippen LogP contribution in [0.2, 0.25) is 10.0 Å². The third-order valence-corrected chi connectivity index (χ3v) is 5.09. The molecule has 4 rings (SSSR count). The van der Waals surface area contributed by atoms with Crippen LogP contribution in [0.5, 0.6) is 0 Å². The van der Waals surface area contributed by atoms with Crippen LogP contribution < -0.4 is 0 Å². The summed E-state index contributed by atoms with van der Waals surface area (Å²) in [5.74, 6) is 1.32. The molecule has 128 valence electrons. The molecule has 0 aliphatic carbocycles. The molecule has 1 aliphatic rings. The second kappa shape index (κ2) is 6.16. The Balaban J connectivity index is 1.62. The Hall–Kier alpha value is -2.38. The number of aryl methyl sites for hydroxylation is 1. The van der Waals surface area contributed by atoms with Crippen molar-refractivity contribution in [3.8, 4) is 11.5 Å². The van der Waals surface area contributed by atoms with Gasteiger partial charge in [0.1, 0.15) is 5.69 Å². The van der Waals surface area contributed by atoms with Gasteiger partial charge in [0.2, 0.25) is 0 Å². The lowest BCUT2D eigenvalue weighted by Crippen LogP contribution is -2.38. The first-order chi connectivity index (χ1) is 12.1. The van der Waals surface area contributed by atoms with Gasteiger partial charge >= 0.3 is 0 Å². The predicted octanol–water partition coefficient (Wildman–Crippen LogP) is 2.64. The van der Waals surface area contributed by atoms with Gasteiger partial charge in [-0.3, -0.25) is 9.48 Å². The summed E-state index contributed by atoms with van der Waals surface area (Å²) in [5, 5.41) is 13.3. The lowest BCUT2D eigenvalue weighted by molar-refractivity contribution is 0.0708. The van der Waals surface area contributed by atoms with Crippen LogP contribution in [-0.2, 0) is 20.1 Å². The van der Waals surface area contributed by atoms with Crippen molar-refractivity contribution in [2.45, 2.75) is 13.1 Å². The van der Waals surface area contributed by atoms with Crippen LogP contribution in [0.1, 0.15) is 16.2 Å². The summed E-state index contributed by atoms with van der Waals surface area (Å²) in [4.78, 5) is 14.5. The third kappa shape index (κ3) is 2.69. The number of halogens is 2. The molecule has 3 aromatic rings. The minimum Gasteiger partial charge on any atom is -0.329 e. The zero-order chi connectivity index (χ0) is 17.6. The summed E-state index contributed by atoms with van der Waals surface area (Å²) in [5.41, 5.74) is 1.28. The Morgan fingerprint density at radius 3 is 2.76 bits per heavy atom. The molecule has 1 aromatic carbocycles. The normalized spacial score (nSPS) is 13.8. The van der Waals surface area contributed by atoms with E-state index in [9.17, 15) is 4.79 Å². The van der Waals surface area contributed by atoms with Gasteiger partial charge in [0.15, 0.2) is 11.6 Å². The first kappa shape index (κ1) is 16.1. The van der Waals surface area contributed by atoms with Crippen LogP contribution in [-0.4, -0.2) is 41.9 Å². The second-order valence-electron chi connectivity index (χ2n) is 5.76. The highest BCUT2D eigenvalue weighted by Gasteiger charge is 2.27. The van der Waals surface area contributed by atoms with Gasteiger partial charge in [-0.05, 0) is 18.2 Å². The lowest BCUT2D eigenvalue weighted by Gasteiger charge is -2.28. The van der Waals surface area contributed by atoms with Crippen molar-refractivity contribution in [3.63, 3.8) is 0 Å². The number of hydrogen-bond donors (Lipinski definition) is 0. The number of aromatic nitrogens is 5. The first-order valence-electron chi connectivity index (χ1n) is 7.70. The van der Waals surface area contributed by atoms with Crippen LogP contribution in [0, 0.1) is 0 Å². The second-order valence-corrected chi connectivity index (χ2v) is 6.54. The Morgan fingerprint density at radius 1 is 1.16 bits per heavy atom. The highest BCUT2D eigenvalue weighted by molar-refractivity contribution is 6.43. The molecule has 0 spiro atoms. The molecule has 0 bridgehead atoms. The lowest BCUT2D eigenvalue weighted by atomic mass is 10.2. The molecule has 2 aromatic heterocycles. The van der Waals surface area contributed by atoms with E-state index in [0.717, 1.165) is 17.3 Å². The molecule has 9 heteroatoms. The topological polar surface area (TPSA) is 68.8 Å². The highest BCUT2D eigenvalue weighted by Crippen LogP contribution is 2.28. The predicted molar refractivity (Wildman–Crippen MR) is 93.4 cm³/mol. The van der Waals surface area contributed by atoms with Crippen molar-refractivity contribution >= 4 is 29.1 Å². The molecular weight excluding hydrogens is 363 g/mol. The molecular formula is C16H14Cl2N6O. The van der Waals surface area contributed by atoms with E-state index in [0.29, 0.717) is 30.2 Å². The Kier molecular flexibility index (Phi) is 3.97. The van der Waals surface area contributed by atoms with Crippen molar-refractivity contribution in [2.24, 2.45) is 7.05 Å². The highest BCUT2D eigenvalue weighted by atomic mass is 35.5. The molecule has 0 saturated heterocycles. The van der Waals surface area contributed by atoms with Crippen molar-refractivity contribution in [2.75, 3.05) is 6.54 Å². The van der Waals surface area contributed by atoms with Crippen molar-refractivity contribution in [1.29, 1.82) is 0 Å². The summed E-state index contributed by atoms with van der Waals surface area (Å²) >= 11 is 12.2. The monoisotopic (exact) mass is 376 g/mol. The standard InChI is InChI=1S/C16H14Cl2N6O/c1-22-12(5-6-19-22)15-21-20-13-9-23(7-8-24(13)15)16(25)10-3-2-4-11(17)14(10)18/h2-6H,7-9H2,1H3. The SMILES string of the molecule is Cn1nccc1-c1nnc2n1CCN(C(=O)c1cccc(Cl)c1Cl)C2. The Morgan fingerprint density at radius 2 is 2.00 bits per heavy atom. The van der Waals surface area contributed by atoms with Gasteiger partial charge in [0.05, 0.1) is 22.2 Å². The summed E-state index contributed by atoms with van der Waals surface area (Å²) < 4.78 is 3.76. The number of benzene rings is 1. The maximum Gasteiger partial charge on any atom is 0.255 e. The molecule has 25 heavy (non-hydrogen) atoms. The molecule has 7 nitrogen and oxygen atoms in total. The van der Waals surface area contributed by atoms with Crippen LogP contribution in [0.15, 0.2) is 30.5 Å². The number of carbonyl (C=O) groups is 1. The quantitative estimate of drug-likeness (QED) is 0.689. The number of carbonyl (C=O) groups excluding carboxylic acids is 1. The van der Waals surface area contributed by atoms with Gasteiger partial charge in [-0.2, -0.15) is 5.10 Å². The fraction of sp³-hybridized carbons (Fsp3) is 0.250. The molecule has 0 fully saturated rings. The van der Waals surface area contributed by atoms with Crippen molar-refractivity contribution in [1.82, 2.24) is 29.4 Å². The van der Waals surface area contributed by atoms with E-state index in [1.165, 1.54) is 0 Å². The molecule has 0 N–H and O–H groups in total. The molecule has 0 saturated carbocycles. The zero-order valence-corrected chi connectivity index (χ0v) is 14.9. The molecule has 1 amide bonds.